The molecule has 6 heterocycles. The number of hydrogen-bond donors (Lipinski definition) is 2. The quantitative estimate of drug-likeness (QED) is 0.0435. The van der Waals surface area contributed by atoms with Crippen molar-refractivity contribution in [1.82, 2.24) is 49.8 Å². The molecule has 8 rings (SSSR count). The molecule has 0 fully saturated rings. The Kier molecular flexibility index (Phi) is 15.7. The number of carboxylic acids is 1. The van der Waals surface area contributed by atoms with E-state index in [1.807, 2.05) is 71.4 Å². The molecule has 0 saturated carbocycles. The van der Waals surface area contributed by atoms with Crippen LogP contribution in [0.25, 0.3) is 68.3 Å². The van der Waals surface area contributed by atoms with Gasteiger partial charge in [-0.15, -0.1) is 0 Å². The summed E-state index contributed by atoms with van der Waals surface area (Å²) in [6.07, 6.45) is 7.06. The van der Waals surface area contributed by atoms with Gasteiger partial charge in [-0.25, -0.2) is 9.97 Å². The molecule has 0 spiro atoms. The molecule has 0 saturated heterocycles. The Morgan fingerprint density at radius 1 is 0.676 bits per heavy atom. The highest BCUT2D eigenvalue weighted by Gasteiger charge is 2.30. The summed E-state index contributed by atoms with van der Waals surface area (Å²) >= 11 is 0. The number of carbonyl (C=O) groups is 2. The number of aryl methyl sites for hydroxylation is 2. The number of aromatic amines is 1. The van der Waals surface area contributed by atoms with Crippen LogP contribution in [0.4, 0.5) is 0 Å². The third-order valence-electron chi connectivity index (χ3n) is 11.0. The SMILES string of the molecule is COC(=O)C(C)(C)COc1ccc(-c2ccc(-c3nc(-c4noc(C)n4)cn3COCC[Si](C)(C)C)cn2)cc1.Cc1nc(-c2cnc(-c3ccc(-c4ccc(OCC(C)(C)C(=O)O)cc4)nc3)[nH]2)no1. The number of carboxylic acid groups (broad SMARTS) is 1. The summed E-state index contributed by atoms with van der Waals surface area (Å²) in [7, 11) is 0.178. The first-order valence-electron chi connectivity index (χ1n) is 22.8. The lowest BCUT2D eigenvalue weighted by Crippen LogP contribution is -2.32. The fourth-order valence-corrected chi connectivity index (χ4v) is 7.31. The summed E-state index contributed by atoms with van der Waals surface area (Å²) < 4.78 is 34.4. The Hall–Kier alpha value is -7.84. The van der Waals surface area contributed by atoms with Crippen LogP contribution < -0.4 is 9.47 Å². The van der Waals surface area contributed by atoms with Gasteiger partial charge < -0.3 is 42.7 Å². The van der Waals surface area contributed by atoms with Crippen molar-refractivity contribution in [3.63, 3.8) is 0 Å². The van der Waals surface area contributed by atoms with E-state index in [0.29, 0.717) is 71.3 Å². The summed E-state index contributed by atoms with van der Waals surface area (Å²) in [4.78, 5) is 53.1. The zero-order chi connectivity index (χ0) is 50.9. The predicted molar refractivity (Wildman–Crippen MR) is 267 cm³/mol. The van der Waals surface area contributed by atoms with Crippen LogP contribution in [0.15, 0.2) is 107 Å². The standard InChI is InChI=1S/C29H37N5O5Si.C22H21N5O4/c1-20-31-26(33-39-20)25-17-34(19-37-14-15-40(5,6)7)27(32-25)22-10-13-24(30-16-22)21-8-11-23(12-9-21)38-18-29(2,3)28(35)36-4;1-13-25-20(27-31-13)18-11-24-19(26-18)15-6-9-17(23-10-15)14-4-7-16(8-5-14)30-12-22(2,3)21(28)29/h8-13,16-17H,14-15,18-19H2,1-7H3;4-11H,12H2,1-3H3,(H,24,26)(H,28,29). The highest BCUT2D eigenvalue weighted by atomic mass is 28.3. The molecule has 0 amide bonds. The number of aromatic nitrogens is 10. The molecule has 71 heavy (non-hydrogen) atoms. The lowest BCUT2D eigenvalue weighted by atomic mass is 9.95. The minimum atomic E-state index is -1.20. The van der Waals surface area contributed by atoms with Gasteiger partial charge in [-0.05, 0) is 107 Å². The summed E-state index contributed by atoms with van der Waals surface area (Å²) in [5.74, 6) is 3.27. The van der Waals surface area contributed by atoms with E-state index in [9.17, 15) is 14.7 Å². The van der Waals surface area contributed by atoms with E-state index < -0.39 is 24.9 Å². The number of ether oxygens (including phenoxy) is 4. The Morgan fingerprint density at radius 3 is 1.70 bits per heavy atom. The molecule has 19 nitrogen and oxygen atoms in total. The average molecular weight is 983 g/mol. The second-order valence-electron chi connectivity index (χ2n) is 19.2. The lowest BCUT2D eigenvalue weighted by Gasteiger charge is -2.21. The van der Waals surface area contributed by atoms with Gasteiger partial charge in [0.25, 0.3) is 0 Å². The van der Waals surface area contributed by atoms with Gasteiger partial charge >= 0.3 is 11.9 Å². The molecular formula is C51H58N10O9Si. The molecule has 6 aromatic heterocycles. The van der Waals surface area contributed by atoms with E-state index in [4.69, 9.17) is 38.0 Å². The van der Waals surface area contributed by atoms with Crippen molar-refractivity contribution in [3.8, 4) is 79.8 Å². The normalized spacial score (nSPS) is 11.7. The Morgan fingerprint density at radius 2 is 1.21 bits per heavy atom. The van der Waals surface area contributed by atoms with Crippen LogP contribution in [-0.4, -0.2) is 102 Å². The number of carbonyl (C=O) groups excluding carboxylic acids is 1. The van der Waals surface area contributed by atoms with Crippen LogP contribution in [0.1, 0.15) is 39.5 Å². The van der Waals surface area contributed by atoms with Gasteiger partial charge in [0, 0.05) is 69.4 Å². The van der Waals surface area contributed by atoms with Crippen molar-refractivity contribution in [2.24, 2.45) is 10.8 Å². The van der Waals surface area contributed by atoms with E-state index in [0.717, 1.165) is 39.7 Å². The highest BCUT2D eigenvalue weighted by molar-refractivity contribution is 6.76. The molecule has 0 bridgehead atoms. The molecule has 2 N–H and O–H groups in total. The van der Waals surface area contributed by atoms with Gasteiger partial charge in [0.15, 0.2) is 0 Å². The largest absolute Gasteiger partial charge is 0.492 e. The topological polar surface area (TPSA) is 241 Å². The Bertz CT molecular complexity index is 3030. The van der Waals surface area contributed by atoms with E-state index in [1.54, 1.807) is 72.3 Å². The number of esters is 1. The van der Waals surface area contributed by atoms with Crippen molar-refractivity contribution >= 4 is 20.0 Å². The highest BCUT2D eigenvalue weighted by Crippen LogP contribution is 2.29. The molecule has 2 aromatic carbocycles. The van der Waals surface area contributed by atoms with Gasteiger partial charge in [-0.2, -0.15) is 9.97 Å². The van der Waals surface area contributed by atoms with Crippen LogP contribution in [0.3, 0.4) is 0 Å². The van der Waals surface area contributed by atoms with E-state index >= 15 is 0 Å². The number of hydrogen-bond acceptors (Lipinski definition) is 16. The molecular weight excluding hydrogens is 925 g/mol. The number of nitrogens with zero attached hydrogens (tertiary/aromatic N) is 9. The smallest absolute Gasteiger partial charge is 0.314 e. The third-order valence-corrected chi connectivity index (χ3v) is 12.7. The number of rotatable bonds is 19. The summed E-state index contributed by atoms with van der Waals surface area (Å²) in [6.45, 7) is 18.6. The maximum atomic E-state index is 11.9. The van der Waals surface area contributed by atoms with Crippen LogP contribution in [-0.2, 0) is 25.8 Å². The summed E-state index contributed by atoms with van der Waals surface area (Å²) in [5, 5.41) is 17.1. The number of aliphatic carboxylic acids is 1. The van der Waals surface area contributed by atoms with Gasteiger partial charge in [0.2, 0.25) is 23.4 Å². The first-order chi connectivity index (χ1) is 33.8. The van der Waals surface area contributed by atoms with Gasteiger partial charge in [0.1, 0.15) is 54.5 Å². The molecule has 20 heteroatoms. The zero-order valence-corrected chi connectivity index (χ0v) is 42.5. The molecule has 8 aromatic rings. The van der Waals surface area contributed by atoms with Crippen LogP contribution in [0, 0.1) is 24.7 Å². The van der Waals surface area contributed by atoms with Gasteiger partial charge in [-0.1, -0.05) is 30.0 Å². The minimum Gasteiger partial charge on any atom is -0.492 e. The van der Waals surface area contributed by atoms with E-state index in [1.165, 1.54) is 7.11 Å². The monoisotopic (exact) mass is 982 g/mol. The van der Waals surface area contributed by atoms with Crippen molar-refractivity contribution in [2.75, 3.05) is 26.9 Å². The van der Waals surface area contributed by atoms with Gasteiger partial charge in [0.05, 0.1) is 35.5 Å². The molecule has 370 valence electrons. The molecule has 0 aliphatic heterocycles. The van der Waals surface area contributed by atoms with E-state index in [-0.39, 0.29) is 19.2 Å². The fraction of sp³-hybridized carbons (Fsp3) is 0.333. The average Bonchev–Trinajstić information content (AvgIpc) is 4.20. The van der Waals surface area contributed by atoms with Gasteiger partial charge in [-0.3, -0.25) is 19.6 Å². The first kappa shape index (κ1) is 51.0. The Labute approximate surface area is 412 Å². The fourth-order valence-electron chi connectivity index (χ4n) is 6.56. The predicted octanol–water partition coefficient (Wildman–Crippen LogP) is 9.85. The van der Waals surface area contributed by atoms with Crippen molar-refractivity contribution in [1.29, 1.82) is 0 Å². The molecule has 0 aliphatic rings. The number of benzene rings is 2. The second-order valence-corrected chi connectivity index (χ2v) is 24.9. The van der Waals surface area contributed by atoms with Crippen LogP contribution in [0.2, 0.25) is 25.7 Å². The Balaban J connectivity index is 0.000000215. The first-order valence-corrected chi connectivity index (χ1v) is 26.5. The molecule has 0 aliphatic carbocycles. The molecule has 0 radical (unpaired) electrons. The van der Waals surface area contributed by atoms with Crippen molar-refractivity contribution in [2.45, 2.75) is 74.0 Å². The second kappa shape index (κ2) is 21.8. The maximum absolute atomic E-state index is 11.9. The number of H-pyrrole nitrogens is 1. The van der Waals surface area contributed by atoms with Crippen molar-refractivity contribution in [3.05, 3.63) is 109 Å². The van der Waals surface area contributed by atoms with Crippen molar-refractivity contribution < 1.29 is 42.7 Å². The summed E-state index contributed by atoms with van der Waals surface area (Å²) in [6, 6.07) is 23.8. The summed E-state index contributed by atoms with van der Waals surface area (Å²) in [5.41, 5.74) is 4.70. The zero-order valence-electron chi connectivity index (χ0n) is 41.5. The number of imidazole rings is 2. The number of pyridine rings is 2. The third kappa shape index (κ3) is 13.5. The minimum absolute atomic E-state index is 0.0865. The number of nitrogens with one attached hydrogen (secondary N) is 1. The van der Waals surface area contributed by atoms with Crippen LogP contribution in [0.5, 0.6) is 11.5 Å². The molecule has 0 unspecified atom stereocenters. The number of methoxy groups -OCH3 is 1. The maximum Gasteiger partial charge on any atom is 0.314 e. The lowest BCUT2D eigenvalue weighted by molar-refractivity contribution is -0.152. The van der Waals surface area contributed by atoms with E-state index in [2.05, 4.69) is 54.9 Å². The molecule has 0 atom stereocenters. The van der Waals surface area contributed by atoms with Crippen LogP contribution >= 0.6 is 0 Å².